The van der Waals surface area contributed by atoms with Crippen molar-refractivity contribution in [1.82, 2.24) is 19.2 Å². The standard InChI is InChI=1S/C18H24N4O4S/c1-21(2)11-13-10-18(17(23)26-13)5-7-22(8-6-18)27(24,25)14-3-4-15-16(9-14)20-12-19-15/h3-4,9,12-13H,5-8,10-11H2,1-2H3,(H,19,20). The van der Waals surface area contributed by atoms with Gasteiger partial charge in [0.1, 0.15) is 6.10 Å². The number of ether oxygens (including phenoxy) is 1. The minimum absolute atomic E-state index is 0.113. The summed E-state index contributed by atoms with van der Waals surface area (Å²) in [5.41, 5.74) is 0.877. The van der Waals surface area contributed by atoms with E-state index in [2.05, 4.69) is 9.97 Å². The smallest absolute Gasteiger partial charge is 0.312 e. The minimum Gasteiger partial charge on any atom is -0.461 e. The molecule has 1 aromatic heterocycles. The summed E-state index contributed by atoms with van der Waals surface area (Å²) in [5, 5.41) is 0. The molecule has 2 aliphatic heterocycles. The Bertz CT molecular complexity index is 961. The third kappa shape index (κ3) is 3.24. The Morgan fingerprint density at radius 1 is 1.33 bits per heavy atom. The predicted molar refractivity (Wildman–Crippen MR) is 99.6 cm³/mol. The Morgan fingerprint density at radius 3 is 2.78 bits per heavy atom. The molecule has 146 valence electrons. The topological polar surface area (TPSA) is 95.6 Å². The van der Waals surface area contributed by atoms with Crippen molar-refractivity contribution in [3.8, 4) is 0 Å². The molecule has 8 nitrogen and oxygen atoms in total. The summed E-state index contributed by atoms with van der Waals surface area (Å²) in [6, 6.07) is 4.89. The Labute approximate surface area is 158 Å². The van der Waals surface area contributed by atoms with Gasteiger partial charge in [0, 0.05) is 26.1 Å². The van der Waals surface area contributed by atoms with Crippen LogP contribution in [0.1, 0.15) is 19.3 Å². The second-order valence-corrected chi connectivity index (χ2v) is 9.70. The van der Waals surface area contributed by atoms with Crippen molar-refractivity contribution < 1.29 is 17.9 Å². The minimum atomic E-state index is -3.60. The fraction of sp³-hybridized carbons (Fsp3) is 0.556. The molecule has 0 aliphatic carbocycles. The van der Waals surface area contributed by atoms with Crippen molar-refractivity contribution in [2.75, 3.05) is 33.7 Å². The molecule has 1 spiro atoms. The number of benzene rings is 1. The van der Waals surface area contributed by atoms with Crippen molar-refractivity contribution in [2.45, 2.75) is 30.3 Å². The van der Waals surface area contributed by atoms with Gasteiger partial charge in [-0.1, -0.05) is 0 Å². The van der Waals surface area contributed by atoms with E-state index in [1.807, 2.05) is 19.0 Å². The highest BCUT2D eigenvalue weighted by Crippen LogP contribution is 2.44. The number of nitrogens with zero attached hydrogens (tertiary/aromatic N) is 3. The van der Waals surface area contributed by atoms with Crippen molar-refractivity contribution in [3.05, 3.63) is 24.5 Å². The molecule has 0 saturated carbocycles. The molecule has 9 heteroatoms. The lowest BCUT2D eigenvalue weighted by molar-refractivity contribution is -0.150. The number of piperidine rings is 1. The van der Waals surface area contributed by atoms with Crippen molar-refractivity contribution in [3.63, 3.8) is 0 Å². The molecule has 0 radical (unpaired) electrons. The number of carbonyl (C=O) groups is 1. The number of aromatic nitrogens is 2. The lowest BCUT2D eigenvalue weighted by atomic mass is 9.76. The fourth-order valence-corrected chi connectivity index (χ4v) is 5.60. The summed E-state index contributed by atoms with van der Waals surface area (Å²) in [7, 11) is 0.295. The van der Waals surface area contributed by atoms with Crippen LogP contribution in [0.3, 0.4) is 0 Å². The van der Waals surface area contributed by atoms with Crippen LogP contribution in [0.25, 0.3) is 11.0 Å². The number of esters is 1. The van der Waals surface area contributed by atoms with Gasteiger partial charge in [-0.05, 0) is 45.1 Å². The number of imidazole rings is 1. The van der Waals surface area contributed by atoms with E-state index in [0.717, 1.165) is 5.52 Å². The molecule has 0 amide bonds. The number of cyclic esters (lactones) is 1. The lowest BCUT2D eigenvalue weighted by Gasteiger charge is -2.35. The van der Waals surface area contributed by atoms with Crippen molar-refractivity contribution in [2.24, 2.45) is 5.41 Å². The average Bonchev–Trinajstić information content (AvgIpc) is 3.19. The van der Waals surface area contributed by atoms with Crippen LogP contribution in [-0.4, -0.2) is 73.4 Å². The highest BCUT2D eigenvalue weighted by atomic mass is 32.2. The molecule has 2 aliphatic rings. The molecule has 4 rings (SSSR count). The van der Waals surface area contributed by atoms with E-state index in [9.17, 15) is 13.2 Å². The maximum Gasteiger partial charge on any atom is 0.312 e. The third-order valence-corrected chi connectivity index (χ3v) is 7.50. The number of aromatic amines is 1. The molecule has 3 heterocycles. The normalized spacial score (nSPS) is 23.4. The van der Waals surface area contributed by atoms with Gasteiger partial charge in [-0.15, -0.1) is 0 Å². The van der Waals surface area contributed by atoms with E-state index in [1.54, 1.807) is 24.5 Å². The van der Waals surface area contributed by atoms with Crippen LogP contribution >= 0.6 is 0 Å². The first-order chi connectivity index (χ1) is 12.8. The summed E-state index contributed by atoms with van der Waals surface area (Å²) >= 11 is 0. The molecule has 1 unspecified atom stereocenters. The molecular weight excluding hydrogens is 368 g/mol. The van der Waals surface area contributed by atoms with Gasteiger partial charge in [0.05, 0.1) is 27.7 Å². The molecular formula is C18H24N4O4S. The van der Waals surface area contributed by atoms with Gasteiger partial charge in [0.2, 0.25) is 10.0 Å². The Balaban J connectivity index is 1.49. The first-order valence-corrected chi connectivity index (χ1v) is 10.5. The maximum atomic E-state index is 13.0. The van der Waals surface area contributed by atoms with Gasteiger partial charge in [-0.25, -0.2) is 13.4 Å². The first-order valence-electron chi connectivity index (χ1n) is 9.09. The van der Waals surface area contributed by atoms with E-state index < -0.39 is 15.4 Å². The molecule has 2 saturated heterocycles. The monoisotopic (exact) mass is 392 g/mol. The number of nitrogens with one attached hydrogen (secondary N) is 1. The van der Waals surface area contributed by atoms with E-state index >= 15 is 0 Å². The number of hydrogen-bond donors (Lipinski definition) is 1. The van der Waals surface area contributed by atoms with Gasteiger partial charge in [0.25, 0.3) is 0 Å². The van der Waals surface area contributed by atoms with Gasteiger partial charge >= 0.3 is 5.97 Å². The van der Waals surface area contributed by atoms with Gasteiger partial charge in [-0.3, -0.25) is 4.79 Å². The second-order valence-electron chi connectivity index (χ2n) is 7.76. The van der Waals surface area contributed by atoms with E-state index in [0.29, 0.717) is 44.4 Å². The van der Waals surface area contributed by atoms with Crippen LogP contribution in [0.2, 0.25) is 0 Å². The number of hydrogen-bond acceptors (Lipinski definition) is 6. The third-order valence-electron chi connectivity index (χ3n) is 5.60. The zero-order valence-corrected chi connectivity index (χ0v) is 16.3. The summed E-state index contributed by atoms with van der Waals surface area (Å²) in [4.78, 5) is 21.8. The number of likely N-dealkylation sites (N-methyl/N-ethyl adjacent to an activating group) is 1. The van der Waals surface area contributed by atoms with Gasteiger partial charge in [0.15, 0.2) is 0 Å². The summed E-state index contributed by atoms with van der Waals surface area (Å²) in [6.45, 7) is 1.35. The number of carbonyl (C=O) groups excluding carboxylic acids is 1. The number of fused-ring (bicyclic) bond motifs is 1. The molecule has 1 atom stereocenters. The Hall–Kier alpha value is -1.97. The molecule has 1 aromatic carbocycles. The van der Waals surface area contributed by atoms with Gasteiger partial charge in [-0.2, -0.15) is 4.31 Å². The van der Waals surface area contributed by atoms with Crippen LogP contribution in [-0.2, 0) is 19.6 Å². The molecule has 2 aromatic rings. The molecule has 27 heavy (non-hydrogen) atoms. The predicted octanol–water partition coefficient (Wildman–Crippen LogP) is 1.21. The van der Waals surface area contributed by atoms with Crippen LogP contribution < -0.4 is 0 Å². The highest BCUT2D eigenvalue weighted by molar-refractivity contribution is 7.89. The van der Waals surface area contributed by atoms with Gasteiger partial charge < -0.3 is 14.6 Å². The van der Waals surface area contributed by atoms with Crippen LogP contribution in [0.4, 0.5) is 0 Å². The summed E-state index contributed by atoms with van der Waals surface area (Å²) in [5.74, 6) is -0.176. The van der Waals surface area contributed by atoms with Crippen LogP contribution in [0, 0.1) is 5.41 Å². The Kier molecular flexibility index (Phi) is 4.48. The average molecular weight is 392 g/mol. The highest BCUT2D eigenvalue weighted by Gasteiger charge is 2.51. The second kappa shape index (κ2) is 6.57. The molecule has 2 fully saturated rings. The molecule has 1 N–H and O–H groups in total. The zero-order valence-electron chi connectivity index (χ0n) is 15.5. The largest absolute Gasteiger partial charge is 0.461 e. The van der Waals surface area contributed by atoms with Crippen molar-refractivity contribution in [1.29, 1.82) is 0 Å². The molecule has 0 bridgehead atoms. The van der Waals surface area contributed by atoms with Crippen molar-refractivity contribution >= 4 is 27.0 Å². The Morgan fingerprint density at radius 2 is 2.07 bits per heavy atom. The quantitative estimate of drug-likeness (QED) is 0.786. The van der Waals surface area contributed by atoms with E-state index in [-0.39, 0.29) is 17.0 Å². The number of H-pyrrole nitrogens is 1. The van der Waals surface area contributed by atoms with E-state index in [1.165, 1.54) is 4.31 Å². The zero-order chi connectivity index (χ0) is 19.2. The summed E-state index contributed by atoms with van der Waals surface area (Å²) < 4.78 is 33.1. The fourth-order valence-electron chi connectivity index (χ4n) is 4.13. The first kappa shape index (κ1) is 18.4. The number of sulfonamides is 1. The summed E-state index contributed by atoms with van der Waals surface area (Å²) in [6.07, 6.45) is 3.10. The van der Waals surface area contributed by atoms with E-state index in [4.69, 9.17) is 4.74 Å². The lowest BCUT2D eigenvalue weighted by Crippen LogP contribution is -2.45. The SMILES string of the molecule is CN(C)CC1CC2(CCN(S(=O)(=O)c3ccc4nc[nH]c4c3)CC2)C(=O)O1. The maximum absolute atomic E-state index is 13.0. The van der Waals surface area contributed by atoms with Crippen LogP contribution in [0.5, 0.6) is 0 Å². The number of rotatable bonds is 4. The van der Waals surface area contributed by atoms with Crippen LogP contribution in [0.15, 0.2) is 29.4 Å².